The van der Waals surface area contributed by atoms with Crippen LogP contribution in [0.3, 0.4) is 0 Å². The quantitative estimate of drug-likeness (QED) is 0.218. The SMILES string of the molecule is Cc1cc(C)c(C)c(-c2c3c(cc[n+]2C)-c2cc(C(F)(F)F)c4c(c2C3)Cc2cccc(C)c2-4)c1. The number of aryl methyl sites for hydroxylation is 4. The van der Waals surface area contributed by atoms with Crippen molar-refractivity contribution in [3.05, 3.63) is 98.7 Å². The van der Waals surface area contributed by atoms with Crippen molar-refractivity contribution in [2.45, 2.75) is 46.7 Å². The number of benzene rings is 3. The molecule has 35 heavy (non-hydrogen) atoms. The first-order chi connectivity index (χ1) is 16.6. The molecule has 1 nitrogen and oxygen atoms in total. The van der Waals surface area contributed by atoms with Crippen molar-refractivity contribution < 1.29 is 17.7 Å². The molecule has 1 heterocycles. The van der Waals surface area contributed by atoms with Gasteiger partial charge in [-0.3, -0.25) is 0 Å². The van der Waals surface area contributed by atoms with Crippen LogP contribution >= 0.6 is 0 Å². The van der Waals surface area contributed by atoms with Gasteiger partial charge in [0.2, 0.25) is 5.69 Å². The Morgan fingerprint density at radius 3 is 2.26 bits per heavy atom. The van der Waals surface area contributed by atoms with Crippen LogP contribution in [0, 0.1) is 27.7 Å². The van der Waals surface area contributed by atoms with E-state index in [4.69, 9.17) is 0 Å². The molecule has 4 heteroatoms. The molecule has 0 saturated carbocycles. The van der Waals surface area contributed by atoms with Crippen molar-refractivity contribution in [2.75, 3.05) is 0 Å². The molecule has 0 fully saturated rings. The Hall–Kier alpha value is -3.40. The van der Waals surface area contributed by atoms with E-state index in [-0.39, 0.29) is 0 Å². The maximum absolute atomic E-state index is 14.5. The van der Waals surface area contributed by atoms with Gasteiger partial charge in [-0.2, -0.15) is 13.2 Å². The molecule has 0 atom stereocenters. The molecule has 0 amide bonds. The molecule has 0 bridgehead atoms. The highest BCUT2D eigenvalue weighted by atomic mass is 19.4. The summed E-state index contributed by atoms with van der Waals surface area (Å²) >= 11 is 0. The first-order valence-corrected chi connectivity index (χ1v) is 12.0. The summed E-state index contributed by atoms with van der Waals surface area (Å²) in [6.07, 6.45) is -1.23. The second-order valence-corrected chi connectivity index (χ2v) is 10.2. The zero-order valence-electron chi connectivity index (χ0n) is 20.6. The number of fused-ring (bicyclic) bond motifs is 7. The Kier molecular flexibility index (Phi) is 4.61. The zero-order chi connectivity index (χ0) is 24.8. The van der Waals surface area contributed by atoms with E-state index in [0.717, 1.165) is 55.8 Å². The van der Waals surface area contributed by atoms with Crippen LogP contribution in [0.5, 0.6) is 0 Å². The van der Waals surface area contributed by atoms with E-state index in [1.165, 1.54) is 22.8 Å². The Bertz CT molecular complexity index is 1570. The van der Waals surface area contributed by atoms with E-state index in [2.05, 4.69) is 37.5 Å². The van der Waals surface area contributed by atoms with E-state index in [0.29, 0.717) is 18.4 Å². The molecular weight excluding hydrogens is 443 g/mol. The maximum atomic E-state index is 14.5. The molecule has 0 N–H and O–H groups in total. The lowest BCUT2D eigenvalue weighted by molar-refractivity contribution is -0.660. The summed E-state index contributed by atoms with van der Waals surface area (Å²) in [5, 5.41) is 0. The number of nitrogens with zero attached hydrogens (tertiary/aromatic N) is 1. The van der Waals surface area contributed by atoms with Crippen molar-refractivity contribution in [1.82, 2.24) is 0 Å². The van der Waals surface area contributed by atoms with Crippen LogP contribution in [0.15, 0.2) is 48.7 Å². The molecule has 1 aromatic heterocycles. The second-order valence-electron chi connectivity index (χ2n) is 10.2. The third kappa shape index (κ3) is 3.12. The van der Waals surface area contributed by atoms with Crippen LogP contribution in [-0.2, 0) is 26.1 Å². The smallest absolute Gasteiger partial charge is 0.201 e. The number of hydrogen-bond acceptors (Lipinski definition) is 0. The molecule has 0 aliphatic heterocycles. The minimum atomic E-state index is -4.42. The average Bonchev–Trinajstić information content (AvgIpc) is 3.34. The van der Waals surface area contributed by atoms with Gasteiger partial charge in [0.05, 0.1) is 5.56 Å². The fourth-order valence-electron chi connectivity index (χ4n) is 6.30. The highest BCUT2D eigenvalue weighted by Gasteiger charge is 2.42. The topological polar surface area (TPSA) is 3.88 Å². The third-order valence-electron chi connectivity index (χ3n) is 7.97. The van der Waals surface area contributed by atoms with Crippen LogP contribution in [0.1, 0.15) is 50.1 Å². The number of rotatable bonds is 1. The number of pyridine rings is 1. The van der Waals surface area contributed by atoms with Gasteiger partial charge in [0.1, 0.15) is 7.05 Å². The Balaban J connectivity index is 1.65. The number of halogens is 3. The Labute approximate surface area is 203 Å². The molecule has 4 aromatic rings. The minimum Gasteiger partial charge on any atom is -0.201 e. The fourth-order valence-corrected chi connectivity index (χ4v) is 6.30. The predicted molar refractivity (Wildman–Crippen MR) is 133 cm³/mol. The zero-order valence-corrected chi connectivity index (χ0v) is 20.6. The van der Waals surface area contributed by atoms with Crippen LogP contribution in [0.25, 0.3) is 33.5 Å². The van der Waals surface area contributed by atoms with Crippen molar-refractivity contribution >= 4 is 0 Å². The van der Waals surface area contributed by atoms with E-state index in [1.54, 1.807) is 0 Å². The van der Waals surface area contributed by atoms with E-state index in [1.807, 2.05) is 44.4 Å². The van der Waals surface area contributed by atoms with Gasteiger partial charge < -0.3 is 0 Å². The Morgan fingerprint density at radius 2 is 1.51 bits per heavy atom. The van der Waals surface area contributed by atoms with Gasteiger partial charge in [0.15, 0.2) is 6.20 Å². The number of aromatic nitrogens is 1. The van der Waals surface area contributed by atoms with Gasteiger partial charge in [0, 0.05) is 23.6 Å². The summed E-state index contributed by atoms with van der Waals surface area (Å²) in [6.45, 7) is 8.25. The van der Waals surface area contributed by atoms with E-state index in [9.17, 15) is 13.2 Å². The van der Waals surface area contributed by atoms with Crippen molar-refractivity contribution in [2.24, 2.45) is 7.05 Å². The first-order valence-electron chi connectivity index (χ1n) is 12.0. The molecule has 0 saturated heterocycles. The van der Waals surface area contributed by atoms with Gasteiger partial charge in [-0.15, -0.1) is 0 Å². The lowest BCUT2D eigenvalue weighted by atomic mass is 9.90. The highest BCUT2D eigenvalue weighted by Crippen LogP contribution is 2.53. The lowest BCUT2D eigenvalue weighted by Gasteiger charge is -2.17. The van der Waals surface area contributed by atoms with Gasteiger partial charge in [-0.25, -0.2) is 4.57 Å². The molecule has 0 unspecified atom stereocenters. The lowest BCUT2D eigenvalue weighted by Crippen LogP contribution is -2.32. The summed E-state index contributed by atoms with van der Waals surface area (Å²) in [5.74, 6) is 0. The summed E-state index contributed by atoms with van der Waals surface area (Å²) in [7, 11) is 2.03. The molecule has 0 radical (unpaired) electrons. The van der Waals surface area contributed by atoms with Crippen LogP contribution in [0.2, 0.25) is 0 Å². The van der Waals surface area contributed by atoms with Gasteiger partial charge in [-0.1, -0.05) is 29.8 Å². The van der Waals surface area contributed by atoms with Crippen LogP contribution in [-0.4, -0.2) is 0 Å². The van der Waals surface area contributed by atoms with Gasteiger partial charge in [0.25, 0.3) is 0 Å². The normalized spacial score (nSPS) is 13.5. The second kappa shape index (κ2) is 7.30. The fraction of sp³-hybridized carbons (Fsp3) is 0.258. The maximum Gasteiger partial charge on any atom is 0.417 e. The monoisotopic (exact) mass is 470 g/mol. The van der Waals surface area contributed by atoms with Crippen molar-refractivity contribution in [3.63, 3.8) is 0 Å². The summed E-state index contributed by atoms with van der Waals surface area (Å²) in [6, 6.07) is 13.6. The van der Waals surface area contributed by atoms with Gasteiger partial charge >= 0.3 is 6.18 Å². The summed E-state index contributed by atoms with van der Waals surface area (Å²) in [4.78, 5) is 0. The van der Waals surface area contributed by atoms with Crippen LogP contribution in [0.4, 0.5) is 13.2 Å². The summed E-state index contributed by atoms with van der Waals surface area (Å²) in [5.41, 5.74) is 13.1. The molecule has 2 aliphatic rings. The third-order valence-corrected chi connectivity index (χ3v) is 7.97. The van der Waals surface area contributed by atoms with Crippen molar-refractivity contribution in [1.29, 1.82) is 0 Å². The molecule has 176 valence electrons. The van der Waals surface area contributed by atoms with E-state index < -0.39 is 11.7 Å². The molecule has 6 rings (SSSR count). The highest BCUT2D eigenvalue weighted by molar-refractivity contribution is 5.91. The van der Waals surface area contributed by atoms with Crippen LogP contribution < -0.4 is 4.57 Å². The van der Waals surface area contributed by atoms with Crippen molar-refractivity contribution in [3.8, 4) is 33.5 Å². The average molecular weight is 471 g/mol. The minimum absolute atomic E-state index is 0.394. The van der Waals surface area contributed by atoms with Gasteiger partial charge in [-0.05, 0) is 102 Å². The first kappa shape index (κ1) is 22.1. The predicted octanol–water partition coefficient (Wildman–Crippen LogP) is 7.57. The standard InChI is InChI=1S/C31H27F3N/c1-16-11-18(3)19(4)22(12-16)30-26-14-23-24(21(26)9-10-35(30)5)15-27(31(32,33)34)29-25(23)13-20-8-6-7-17(2)28(20)29/h6-12,15H,13-14H2,1-5H3/q+1. The molecule has 2 aliphatic carbocycles. The Morgan fingerprint density at radius 1 is 0.743 bits per heavy atom. The molecule has 0 spiro atoms. The molecular formula is C31H27F3N+. The number of alkyl halides is 3. The number of hydrogen-bond donors (Lipinski definition) is 0. The largest absolute Gasteiger partial charge is 0.417 e. The molecule has 3 aromatic carbocycles. The summed E-state index contributed by atoms with van der Waals surface area (Å²) < 4.78 is 45.5. The van der Waals surface area contributed by atoms with E-state index >= 15 is 0 Å².